The Morgan fingerprint density at radius 1 is 1.29 bits per heavy atom. The number of nitrogens with two attached hydrogens (primary N) is 1. The van der Waals surface area contributed by atoms with Crippen LogP contribution in [-0.2, 0) is 11.2 Å². The Morgan fingerprint density at radius 3 is 2.67 bits per heavy atom. The minimum Gasteiger partial charge on any atom is -0.508 e. The maximum atomic E-state index is 12.4. The van der Waals surface area contributed by atoms with Crippen molar-refractivity contribution in [2.24, 2.45) is 5.73 Å². The molecule has 1 aromatic carbocycles. The first-order valence-electron chi connectivity index (χ1n) is 6.24. The summed E-state index contributed by atoms with van der Waals surface area (Å²) in [5.74, 6) is -1.57. The number of phenolic OH excluding ortho intramolecular Hbond substituents is 1. The molecule has 1 aromatic heterocycles. The van der Waals surface area contributed by atoms with E-state index in [4.69, 9.17) is 10.8 Å². The zero-order valence-electron chi connectivity index (χ0n) is 11.1. The van der Waals surface area contributed by atoms with Gasteiger partial charge in [-0.05, 0) is 36.2 Å². The Bertz CT molecular complexity index is 671. The second kappa shape index (κ2) is 6.15. The van der Waals surface area contributed by atoms with Crippen LogP contribution in [0, 0.1) is 0 Å². The Hall–Kier alpha value is -2.73. The summed E-state index contributed by atoms with van der Waals surface area (Å²) in [4.78, 5) is 27.2. The lowest BCUT2D eigenvalue weighted by Crippen LogP contribution is -2.32. The normalized spacial score (nSPS) is 11.9. The molecule has 6 heteroatoms. The van der Waals surface area contributed by atoms with Crippen LogP contribution in [0.25, 0.3) is 0 Å². The number of aromatic hydroxyl groups is 1. The Balaban J connectivity index is 2.40. The second-order valence-corrected chi connectivity index (χ2v) is 4.56. The third-order valence-electron chi connectivity index (χ3n) is 3.02. The van der Waals surface area contributed by atoms with E-state index in [1.165, 1.54) is 24.4 Å². The first kappa shape index (κ1) is 14.7. The fourth-order valence-electron chi connectivity index (χ4n) is 1.93. The molecule has 1 heterocycles. The van der Waals surface area contributed by atoms with Gasteiger partial charge in [0.1, 0.15) is 11.8 Å². The highest BCUT2D eigenvalue weighted by atomic mass is 16.4. The molecular formula is C15H14N2O4. The van der Waals surface area contributed by atoms with E-state index in [1.807, 2.05) is 0 Å². The molecule has 2 rings (SSSR count). The largest absolute Gasteiger partial charge is 0.508 e. The predicted molar refractivity (Wildman–Crippen MR) is 75.1 cm³/mol. The maximum Gasteiger partial charge on any atom is 0.320 e. The van der Waals surface area contributed by atoms with Crippen molar-refractivity contribution in [3.05, 3.63) is 59.4 Å². The summed E-state index contributed by atoms with van der Waals surface area (Å²) in [6.07, 6.45) is 2.95. The van der Waals surface area contributed by atoms with Crippen molar-refractivity contribution in [2.45, 2.75) is 12.5 Å². The van der Waals surface area contributed by atoms with Crippen LogP contribution in [-0.4, -0.2) is 33.0 Å². The van der Waals surface area contributed by atoms with Crippen LogP contribution in [0.4, 0.5) is 0 Å². The molecule has 0 aliphatic carbocycles. The van der Waals surface area contributed by atoms with Gasteiger partial charge in [0.05, 0.1) is 0 Å². The van der Waals surface area contributed by atoms with Crippen LogP contribution >= 0.6 is 0 Å². The van der Waals surface area contributed by atoms with Crippen molar-refractivity contribution in [1.29, 1.82) is 0 Å². The molecule has 0 aliphatic rings. The number of carboxylic acid groups (broad SMARTS) is 1. The number of nitrogens with zero attached hydrogens (tertiary/aromatic N) is 1. The summed E-state index contributed by atoms with van der Waals surface area (Å²) in [6, 6.07) is 6.30. The lowest BCUT2D eigenvalue weighted by atomic mass is 9.95. The molecule has 1 atom stereocenters. The minimum atomic E-state index is -1.15. The molecule has 108 valence electrons. The highest BCUT2D eigenvalue weighted by molar-refractivity contribution is 6.10. The number of hydrogen-bond donors (Lipinski definition) is 3. The summed E-state index contributed by atoms with van der Waals surface area (Å²) in [7, 11) is 0. The molecule has 6 nitrogen and oxygen atoms in total. The number of carboxylic acids is 1. The van der Waals surface area contributed by atoms with Gasteiger partial charge in [0.15, 0.2) is 5.78 Å². The van der Waals surface area contributed by atoms with E-state index in [-0.39, 0.29) is 23.5 Å². The number of aromatic nitrogens is 1. The summed E-state index contributed by atoms with van der Waals surface area (Å²) in [5, 5.41) is 18.4. The average molecular weight is 286 g/mol. The molecule has 0 amide bonds. The van der Waals surface area contributed by atoms with Gasteiger partial charge in [-0.1, -0.05) is 6.07 Å². The van der Waals surface area contributed by atoms with Crippen LogP contribution in [0.1, 0.15) is 21.5 Å². The molecule has 0 saturated carbocycles. The number of hydrogen-bond acceptors (Lipinski definition) is 5. The van der Waals surface area contributed by atoms with Gasteiger partial charge < -0.3 is 15.9 Å². The molecule has 0 saturated heterocycles. The SMILES string of the molecule is NC(Cc1ccc(O)cc1C(=O)c1cccnc1)C(=O)O. The quantitative estimate of drug-likeness (QED) is 0.706. The number of carbonyl (C=O) groups excluding carboxylic acids is 1. The molecule has 0 radical (unpaired) electrons. The summed E-state index contributed by atoms with van der Waals surface area (Å²) in [5.41, 5.74) is 6.55. The van der Waals surface area contributed by atoms with Gasteiger partial charge >= 0.3 is 5.97 Å². The number of aliphatic carboxylic acids is 1. The van der Waals surface area contributed by atoms with Crippen LogP contribution in [0.2, 0.25) is 0 Å². The molecular weight excluding hydrogens is 272 g/mol. The molecule has 2 aromatic rings. The van der Waals surface area contributed by atoms with Crippen molar-refractivity contribution in [3.8, 4) is 5.75 Å². The van der Waals surface area contributed by atoms with Gasteiger partial charge in [-0.2, -0.15) is 0 Å². The lowest BCUT2D eigenvalue weighted by Gasteiger charge is -2.12. The fourth-order valence-corrected chi connectivity index (χ4v) is 1.93. The van der Waals surface area contributed by atoms with E-state index in [1.54, 1.807) is 18.3 Å². The number of phenols is 1. The fraction of sp³-hybridized carbons (Fsp3) is 0.133. The maximum absolute atomic E-state index is 12.4. The van der Waals surface area contributed by atoms with Gasteiger partial charge in [0, 0.05) is 23.5 Å². The second-order valence-electron chi connectivity index (χ2n) is 4.56. The van der Waals surface area contributed by atoms with E-state index < -0.39 is 12.0 Å². The van der Waals surface area contributed by atoms with Gasteiger partial charge in [-0.25, -0.2) is 0 Å². The standard InChI is InChI=1S/C15H14N2O4/c16-13(15(20)21)6-9-3-4-11(18)7-12(9)14(19)10-2-1-5-17-8-10/h1-5,7-8,13,18H,6,16H2,(H,20,21). The average Bonchev–Trinajstić information content (AvgIpc) is 2.49. The monoisotopic (exact) mass is 286 g/mol. The lowest BCUT2D eigenvalue weighted by molar-refractivity contribution is -0.138. The molecule has 4 N–H and O–H groups in total. The van der Waals surface area contributed by atoms with E-state index in [0.29, 0.717) is 11.1 Å². The van der Waals surface area contributed by atoms with Crippen molar-refractivity contribution in [2.75, 3.05) is 0 Å². The van der Waals surface area contributed by atoms with Gasteiger partial charge in [0.25, 0.3) is 0 Å². The van der Waals surface area contributed by atoms with Gasteiger partial charge in [0.2, 0.25) is 0 Å². The molecule has 0 fully saturated rings. The summed E-state index contributed by atoms with van der Waals surface area (Å²) >= 11 is 0. The van der Waals surface area contributed by atoms with Crippen molar-refractivity contribution < 1.29 is 19.8 Å². The van der Waals surface area contributed by atoms with E-state index >= 15 is 0 Å². The molecule has 0 aliphatic heterocycles. The Kier molecular flexibility index (Phi) is 4.30. The number of pyridine rings is 1. The van der Waals surface area contributed by atoms with Crippen LogP contribution in [0.3, 0.4) is 0 Å². The van der Waals surface area contributed by atoms with Crippen molar-refractivity contribution in [3.63, 3.8) is 0 Å². The highest BCUT2D eigenvalue weighted by Crippen LogP contribution is 2.21. The smallest absolute Gasteiger partial charge is 0.320 e. The molecule has 1 unspecified atom stereocenters. The zero-order valence-corrected chi connectivity index (χ0v) is 11.1. The number of carbonyl (C=O) groups is 2. The first-order valence-corrected chi connectivity index (χ1v) is 6.24. The van der Waals surface area contributed by atoms with E-state index in [0.717, 1.165) is 0 Å². The third kappa shape index (κ3) is 3.43. The van der Waals surface area contributed by atoms with E-state index in [9.17, 15) is 14.7 Å². The third-order valence-corrected chi connectivity index (χ3v) is 3.02. The molecule has 21 heavy (non-hydrogen) atoms. The Morgan fingerprint density at radius 2 is 2.05 bits per heavy atom. The number of rotatable bonds is 5. The van der Waals surface area contributed by atoms with Crippen LogP contribution in [0.5, 0.6) is 5.75 Å². The number of benzene rings is 1. The summed E-state index contributed by atoms with van der Waals surface area (Å²) in [6.45, 7) is 0. The van der Waals surface area contributed by atoms with Crippen molar-refractivity contribution >= 4 is 11.8 Å². The predicted octanol–water partition coefficient (Wildman–Crippen LogP) is 0.973. The van der Waals surface area contributed by atoms with Crippen molar-refractivity contribution in [1.82, 2.24) is 4.98 Å². The summed E-state index contributed by atoms with van der Waals surface area (Å²) < 4.78 is 0. The number of ketones is 1. The zero-order chi connectivity index (χ0) is 15.4. The topological polar surface area (TPSA) is 114 Å². The first-order chi connectivity index (χ1) is 9.99. The molecule has 0 bridgehead atoms. The van der Waals surface area contributed by atoms with Crippen LogP contribution in [0.15, 0.2) is 42.7 Å². The Labute approximate surface area is 120 Å². The van der Waals surface area contributed by atoms with Gasteiger partial charge in [-0.3, -0.25) is 14.6 Å². The van der Waals surface area contributed by atoms with E-state index in [2.05, 4.69) is 4.98 Å². The van der Waals surface area contributed by atoms with Gasteiger partial charge in [-0.15, -0.1) is 0 Å². The molecule has 0 spiro atoms. The van der Waals surface area contributed by atoms with Crippen LogP contribution < -0.4 is 5.73 Å². The minimum absolute atomic E-state index is 0.00303. The highest BCUT2D eigenvalue weighted by Gasteiger charge is 2.19.